The van der Waals surface area contributed by atoms with Gasteiger partial charge in [-0.1, -0.05) is 12.1 Å². The molecule has 1 atom stereocenters. The molecule has 8 rings (SSSR count). The molecule has 0 N–H and O–H groups in total. The molecule has 0 saturated carbocycles. The second-order valence-corrected chi connectivity index (χ2v) is 16.5. The quantitative estimate of drug-likeness (QED) is 0.113. The maximum absolute atomic E-state index is 12.5. The summed E-state index contributed by atoms with van der Waals surface area (Å²) in [5.74, 6) is 2.58. The highest BCUT2D eigenvalue weighted by molar-refractivity contribution is 7.59. The molecule has 2 aliphatic heterocycles. The van der Waals surface area contributed by atoms with Gasteiger partial charge in [0.15, 0.2) is 0 Å². The molecule has 0 unspecified atom stereocenters. The van der Waals surface area contributed by atoms with Crippen molar-refractivity contribution in [3.63, 3.8) is 0 Å². The molecule has 340 valence electrons. The van der Waals surface area contributed by atoms with Gasteiger partial charge in [-0.25, -0.2) is 9.97 Å². The number of fused-ring (bicyclic) bond motifs is 2. The average Bonchev–Trinajstić information content (AvgIpc) is 3.81. The van der Waals surface area contributed by atoms with Crippen molar-refractivity contribution < 1.29 is 32.1 Å². The number of rotatable bonds is 12. The summed E-state index contributed by atoms with van der Waals surface area (Å²) in [7, 11) is 3.51. The molecule has 16 heteroatoms. The predicted molar refractivity (Wildman–Crippen MR) is 244 cm³/mol. The first kappa shape index (κ1) is 47.7. The van der Waals surface area contributed by atoms with Crippen molar-refractivity contribution in [2.45, 2.75) is 90.6 Å². The highest BCUT2D eigenvalue weighted by Crippen LogP contribution is 2.34. The van der Waals surface area contributed by atoms with E-state index in [2.05, 4.69) is 29.7 Å². The molecule has 2 saturated heterocycles. The zero-order valence-corrected chi connectivity index (χ0v) is 38.0. The molecule has 0 spiro atoms. The summed E-state index contributed by atoms with van der Waals surface area (Å²) in [5.41, 5.74) is 9.04. The van der Waals surface area contributed by atoms with Crippen molar-refractivity contribution in [1.82, 2.24) is 28.2 Å². The smallest absolute Gasteiger partial charge is 0.381 e. The predicted octanol–water partition coefficient (Wildman–Crippen LogP) is 8.33. The van der Waals surface area contributed by atoms with Crippen molar-refractivity contribution in [1.29, 1.82) is 0 Å². The van der Waals surface area contributed by atoms with Gasteiger partial charge in [0.05, 0.1) is 41.3 Å². The minimum absolute atomic E-state index is 0. The van der Waals surface area contributed by atoms with Crippen LogP contribution in [0, 0.1) is 13.8 Å². The van der Waals surface area contributed by atoms with E-state index in [4.69, 9.17) is 28.9 Å². The molecule has 4 aromatic heterocycles. The lowest BCUT2D eigenvalue weighted by Gasteiger charge is -2.24. The van der Waals surface area contributed by atoms with E-state index in [9.17, 15) is 22.8 Å². The molecule has 0 radical (unpaired) electrons. The number of imidazole rings is 2. The number of nitrogens with zero attached hydrogens (tertiary/aromatic N) is 6. The summed E-state index contributed by atoms with van der Waals surface area (Å²) in [6.07, 6.45) is 3.07. The van der Waals surface area contributed by atoms with Crippen LogP contribution in [-0.4, -0.2) is 86.8 Å². The van der Waals surface area contributed by atoms with Gasteiger partial charge in [-0.2, -0.15) is 26.7 Å². The van der Waals surface area contributed by atoms with Crippen LogP contribution in [0.15, 0.2) is 70.5 Å². The zero-order valence-electron chi connectivity index (χ0n) is 37.0. The zero-order chi connectivity index (χ0) is 44.1. The second kappa shape index (κ2) is 20.8. The summed E-state index contributed by atoms with van der Waals surface area (Å²) < 4.78 is 66.8. The van der Waals surface area contributed by atoms with E-state index in [0.29, 0.717) is 31.3 Å². The average molecular weight is 893 g/mol. The summed E-state index contributed by atoms with van der Waals surface area (Å²) in [5, 5.41) is 0. The van der Waals surface area contributed by atoms with Crippen molar-refractivity contribution >= 4 is 35.6 Å². The topological polar surface area (TPSA) is 117 Å². The van der Waals surface area contributed by atoms with Crippen LogP contribution >= 0.6 is 13.5 Å². The van der Waals surface area contributed by atoms with E-state index in [1.807, 2.05) is 54.9 Å². The van der Waals surface area contributed by atoms with Crippen LogP contribution in [0.5, 0.6) is 0 Å². The highest BCUT2D eigenvalue weighted by atomic mass is 32.1. The molecule has 0 bridgehead atoms. The number of alkyl halides is 3. The van der Waals surface area contributed by atoms with Crippen molar-refractivity contribution in [2.24, 2.45) is 14.1 Å². The second-order valence-electron chi connectivity index (χ2n) is 16.5. The molecule has 12 nitrogen and oxygen atoms in total. The lowest BCUT2D eigenvalue weighted by molar-refractivity contribution is -0.174. The molecule has 2 aromatic carbocycles. The third kappa shape index (κ3) is 11.3. The van der Waals surface area contributed by atoms with Gasteiger partial charge in [-0.15, -0.1) is 0 Å². The van der Waals surface area contributed by atoms with Crippen LogP contribution in [-0.2, 0) is 46.1 Å². The monoisotopic (exact) mass is 892 g/mol. The van der Waals surface area contributed by atoms with Crippen molar-refractivity contribution in [2.75, 3.05) is 46.2 Å². The third-order valence-electron chi connectivity index (χ3n) is 11.7. The van der Waals surface area contributed by atoms with Gasteiger partial charge in [-0.05, 0) is 112 Å². The Morgan fingerprint density at radius 3 is 1.63 bits per heavy atom. The Kier molecular flexibility index (Phi) is 15.8. The molecule has 63 heavy (non-hydrogen) atoms. The van der Waals surface area contributed by atoms with Crippen LogP contribution in [0.4, 0.5) is 13.2 Å². The summed E-state index contributed by atoms with van der Waals surface area (Å²) in [4.78, 5) is 34.0. The van der Waals surface area contributed by atoms with Crippen LogP contribution in [0.1, 0.15) is 74.1 Å². The van der Waals surface area contributed by atoms with Crippen LogP contribution in [0.2, 0.25) is 0 Å². The number of aromatic nitrogens is 6. The SMILES string of the molecule is CCO[C@@H](C)Cn1c(C2CCOCC2)nc2ccc(-c3cc(C)c(=O)n(C)c3)cc21.Cc1cc(-c2ccc3nc(C4CCOCC4)n(CCOCC(F)(F)F)c3c2)cn(C)c1=O.S. The van der Waals surface area contributed by atoms with Gasteiger partial charge in [0.25, 0.3) is 11.1 Å². The Bertz CT molecular complexity index is 2570. The molecule has 0 aliphatic carbocycles. The molecule has 6 aromatic rings. The normalized spacial score (nSPS) is 15.6. The van der Waals surface area contributed by atoms with Crippen LogP contribution in [0.3, 0.4) is 0 Å². The van der Waals surface area contributed by atoms with Crippen molar-refractivity contribution in [3.05, 3.63) is 104 Å². The van der Waals surface area contributed by atoms with Gasteiger partial charge >= 0.3 is 6.18 Å². The van der Waals surface area contributed by atoms with Crippen molar-refractivity contribution in [3.8, 4) is 22.3 Å². The van der Waals surface area contributed by atoms with E-state index in [0.717, 1.165) is 107 Å². The lowest BCUT2D eigenvalue weighted by atomic mass is 9.99. The van der Waals surface area contributed by atoms with Crippen LogP contribution in [0.25, 0.3) is 44.3 Å². The molecule has 6 heterocycles. The molecule has 2 fully saturated rings. The van der Waals surface area contributed by atoms with Gasteiger partial charge < -0.3 is 37.2 Å². The van der Waals surface area contributed by atoms with Gasteiger partial charge in [0.1, 0.15) is 18.3 Å². The first-order valence-corrected chi connectivity index (χ1v) is 21.5. The number of benzene rings is 2. The van der Waals surface area contributed by atoms with E-state index >= 15 is 0 Å². The maximum Gasteiger partial charge on any atom is 0.411 e. The largest absolute Gasteiger partial charge is 0.411 e. The van der Waals surface area contributed by atoms with Crippen LogP contribution < -0.4 is 11.1 Å². The first-order chi connectivity index (χ1) is 29.7. The molecule has 0 amide bonds. The Labute approximate surface area is 372 Å². The summed E-state index contributed by atoms with van der Waals surface area (Å²) >= 11 is 0. The van der Waals surface area contributed by atoms with Gasteiger partial charge in [0, 0.05) is 89.0 Å². The molecular formula is C47H59F3N6O6S. The number of pyridine rings is 2. The maximum atomic E-state index is 12.5. The number of ether oxygens (including phenoxy) is 4. The fourth-order valence-corrected chi connectivity index (χ4v) is 8.61. The van der Waals surface area contributed by atoms with E-state index in [1.165, 1.54) is 0 Å². The summed E-state index contributed by atoms with van der Waals surface area (Å²) in [6.45, 7) is 11.0. The van der Waals surface area contributed by atoms with Gasteiger partial charge in [-0.3, -0.25) is 9.59 Å². The number of aryl methyl sites for hydroxylation is 4. The van der Waals surface area contributed by atoms with E-state index in [-0.39, 0.29) is 49.8 Å². The third-order valence-corrected chi connectivity index (χ3v) is 11.7. The summed E-state index contributed by atoms with van der Waals surface area (Å²) in [6, 6.07) is 16.0. The minimum Gasteiger partial charge on any atom is -0.381 e. The Hall–Kier alpha value is -4.74. The number of halogens is 3. The Balaban J connectivity index is 0.000000207. The van der Waals surface area contributed by atoms with E-state index < -0.39 is 12.8 Å². The first-order valence-electron chi connectivity index (χ1n) is 21.5. The lowest BCUT2D eigenvalue weighted by Crippen LogP contribution is -2.22. The molecular weight excluding hydrogens is 834 g/mol. The van der Waals surface area contributed by atoms with E-state index in [1.54, 1.807) is 36.4 Å². The number of hydrogen-bond acceptors (Lipinski definition) is 8. The standard InChI is InChI=1S/C24H31N3O3.C23H26F3N3O3.H2S/c1-5-30-17(3)14-27-22-13-19(20-12-16(2)24(28)26(4)15-20)6-7-21(22)25-23(27)18-8-10-29-11-9-18;1-15-11-18(13-28(2)22(15)30)17-3-4-19-20(12-17)29(7-10-32-14-23(24,25)26)21(27-19)16-5-8-31-9-6-16;/h6-7,12-13,15,17-18H,5,8-11,14H2,1-4H3;3-4,11-13,16H,5-10,14H2,1-2H3;1H2/t17-;;/m0../s1. The van der Waals surface area contributed by atoms with Gasteiger partial charge in [0.2, 0.25) is 0 Å². The minimum atomic E-state index is -4.35. The molecule has 2 aliphatic rings. The fraction of sp³-hybridized carbons (Fsp3) is 0.489. The highest BCUT2D eigenvalue weighted by Gasteiger charge is 2.28. The number of hydrogen-bond donors (Lipinski definition) is 0. The Morgan fingerprint density at radius 2 is 1.19 bits per heavy atom. The fourth-order valence-electron chi connectivity index (χ4n) is 8.61. The Morgan fingerprint density at radius 1 is 0.730 bits per heavy atom.